The average molecular weight is 421 g/mol. The van der Waals surface area contributed by atoms with Crippen LogP contribution in [0.5, 0.6) is 0 Å². The largest absolute Gasteiger partial charge is 0.443 e. The Morgan fingerprint density at radius 3 is 2.13 bits per heavy atom. The van der Waals surface area contributed by atoms with Gasteiger partial charge in [-0.15, -0.1) is 0 Å². The van der Waals surface area contributed by atoms with Crippen molar-refractivity contribution in [1.29, 1.82) is 21.2 Å². The Labute approximate surface area is 177 Å². The van der Waals surface area contributed by atoms with Crippen molar-refractivity contribution in [3.63, 3.8) is 0 Å². The van der Waals surface area contributed by atoms with Crippen molar-refractivity contribution in [2.45, 2.75) is 18.8 Å². The van der Waals surface area contributed by atoms with Gasteiger partial charge in [0.05, 0.1) is 24.1 Å². The lowest BCUT2D eigenvalue weighted by Gasteiger charge is -2.48. The molecule has 2 aliphatic heterocycles. The summed E-state index contributed by atoms with van der Waals surface area (Å²) in [5.74, 6) is -3.56. The zero-order valence-corrected chi connectivity index (χ0v) is 16.4. The van der Waals surface area contributed by atoms with Gasteiger partial charge < -0.3 is 9.47 Å². The first kappa shape index (κ1) is 19.9. The molecule has 0 aliphatic carbocycles. The normalized spacial score (nSPS) is 31.1. The number of nitrogens with zero attached hydrogens (tertiary/aromatic N) is 3. The first-order valence-electron chi connectivity index (χ1n) is 9.02. The highest BCUT2D eigenvalue weighted by atomic mass is 35.5. The van der Waals surface area contributed by atoms with Gasteiger partial charge in [-0.25, -0.2) is 4.39 Å². The topological polar surface area (TPSA) is 114 Å². The molecule has 2 heterocycles. The third-order valence-corrected chi connectivity index (χ3v) is 6.34. The molecule has 6 nitrogen and oxygen atoms in total. The van der Waals surface area contributed by atoms with E-state index >= 15 is 0 Å². The number of nitrogens with one attached hydrogen (secondary N) is 1. The van der Waals surface area contributed by atoms with E-state index in [1.807, 2.05) is 18.2 Å². The van der Waals surface area contributed by atoms with Crippen LogP contribution in [0, 0.1) is 62.0 Å². The second-order valence-corrected chi connectivity index (χ2v) is 7.76. The molecule has 2 aliphatic rings. The van der Waals surface area contributed by atoms with Gasteiger partial charge in [0.25, 0.3) is 0 Å². The van der Waals surface area contributed by atoms with Gasteiger partial charge >= 0.3 is 0 Å². The summed E-state index contributed by atoms with van der Waals surface area (Å²) in [4.78, 5) is 0. The second-order valence-electron chi connectivity index (χ2n) is 7.33. The van der Waals surface area contributed by atoms with Crippen LogP contribution < -0.4 is 0 Å². The first-order chi connectivity index (χ1) is 14.3. The van der Waals surface area contributed by atoms with Crippen molar-refractivity contribution in [1.82, 2.24) is 0 Å². The zero-order valence-electron chi connectivity index (χ0n) is 15.7. The fourth-order valence-corrected chi connectivity index (χ4v) is 4.61. The summed E-state index contributed by atoms with van der Waals surface area (Å²) in [6, 6.07) is 17.6. The molecule has 2 aromatic carbocycles. The maximum Gasteiger partial charge on any atom is 0.244 e. The van der Waals surface area contributed by atoms with E-state index in [9.17, 15) is 20.2 Å². The lowest BCUT2D eigenvalue weighted by atomic mass is 9.53. The Morgan fingerprint density at radius 1 is 1.00 bits per heavy atom. The van der Waals surface area contributed by atoms with E-state index in [1.54, 1.807) is 31.2 Å². The Hall–Kier alpha value is -3.44. The molecule has 2 aromatic rings. The number of ether oxygens (including phenoxy) is 2. The lowest BCUT2D eigenvalue weighted by molar-refractivity contribution is -0.288. The van der Waals surface area contributed by atoms with E-state index < -0.39 is 40.4 Å². The Morgan fingerprint density at radius 2 is 1.60 bits per heavy atom. The Bertz CT molecular complexity index is 1150. The quantitative estimate of drug-likeness (QED) is 0.763. The smallest absolute Gasteiger partial charge is 0.244 e. The summed E-state index contributed by atoms with van der Waals surface area (Å²) in [6.07, 6.45) is -1.23. The first-order valence-corrected chi connectivity index (χ1v) is 9.40. The molecule has 1 N–H and O–H groups in total. The minimum atomic E-state index is -2.06. The van der Waals surface area contributed by atoms with Crippen LogP contribution >= 0.6 is 11.6 Å². The van der Waals surface area contributed by atoms with Gasteiger partial charge in [0.1, 0.15) is 11.9 Å². The summed E-state index contributed by atoms with van der Waals surface area (Å²) in [5, 5.41) is 39.4. The van der Waals surface area contributed by atoms with Crippen LogP contribution in [0.15, 0.2) is 48.5 Å². The van der Waals surface area contributed by atoms with Crippen molar-refractivity contribution in [3.05, 3.63) is 70.5 Å². The lowest BCUT2D eigenvalue weighted by Crippen LogP contribution is -2.57. The van der Waals surface area contributed by atoms with E-state index in [4.69, 9.17) is 26.5 Å². The summed E-state index contributed by atoms with van der Waals surface area (Å²) in [7, 11) is 0. The molecule has 2 bridgehead atoms. The van der Waals surface area contributed by atoms with E-state index in [2.05, 4.69) is 0 Å². The molecular formula is C22H14ClFN4O2. The summed E-state index contributed by atoms with van der Waals surface area (Å²) in [6.45, 7) is 1.59. The molecule has 0 radical (unpaired) electrons. The Kier molecular flexibility index (Phi) is 4.33. The number of halogens is 2. The van der Waals surface area contributed by atoms with Crippen LogP contribution in [0.3, 0.4) is 0 Å². The van der Waals surface area contributed by atoms with Gasteiger partial charge in [-0.05, 0) is 42.0 Å². The zero-order chi connectivity index (χ0) is 21.7. The van der Waals surface area contributed by atoms with Gasteiger partial charge in [-0.3, -0.25) is 5.41 Å². The molecule has 148 valence electrons. The number of hydrogen-bond donors (Lipinski definition) is 1. The molecule has 4 rings (SSSR count). The average Bonchev–Trinajstić information content (AvgIpc) is 2.91. The minimum Gasteiger partial charge on any atom is -0.443 e. The third-order valence-electron chi connectivity index (χ3n) is 6.09. The van der Waals surface area contributed by atoms with Gasteiger partial charge in [0, 0.05) is 10.6 Å². The number of rotatable bonds is 2. The standard InChI is InChI=1S/C22H14ClFN4O2/c1-13-21(12-27)19(28)30-22(13,15-4-8-17(24)9-5-15)29-18(20(21,10-25)11-26)14-2-6-16(23)7-3-14/h2-9,13,18,28H,1H3. The predicted octanol–water partition coefficient (Wildman–Crippen LogP) is 4.59. The molecule has 0 aromatic heterocycles. The fourth-order valence-electron chi connectivity index (χ4n) is 4.49. The van der Waals surface area contributed by atoms with Gasteiger partial charge in [-0.1, -0.05) is 30.7 Å². The summed E-state index contributed by atoms with van der Waals surface area (Å²) >= 11 is 5.98. The Balaban J connectivity index is 2.03. The molecule has 30 heavy (non-hydrogen) atoms. The summed E-state index contributed by atoms with van der Waals surface area (Å²) in [5.41, 5.74) is -3.17. The molecule has 2 fully saturated rings. The highest BCUT2D eigenvalue weighted by molar-refractivity contribution is 6.30. The second kappa shape index (κ2) is 6.54. The number of fused-ring (bicyclic) bond motifs is 2. The van der Waals surface area contributed by atoms with Crippen molar-refractivity contribution < 1.29 is 13.9 Å². The van der Waals surface area contributed by atoms with E-state index in [0.717, 1.165) is 0 Å². The number of hydrogen-bond acceptors (Lipinski definition) is 6. The predicted molar refractivity (Wildman–Crippen MR) is 103 cm³/mol. The van der Waals surface area contributed by atoms with Crippen molar-refractivity contribution in [3.8, 4) is 18.2 Å². The monoisotopic (exact) mass is 420 g/mol. The highest BCUT2D eigenvalue weighted by Gasteiger charge is 2.79. The van der Waals surface area contributed by atoms with E-state index in [1.165, 1.54) is 24.3 Å². The van der Waals surface area contributed by atoms with Crippen molar-refractivity contribution in [2.24, 2.45) is 16.7 Å². The molecule has 2 saturated heterocycles. The van der Waals surface area contributed by atoms with Crippen molar-refractivity contribution >= 4 is 17.5 Å². The number of benzene rings is 2. The van der Waals surface area contributed by atoms with Gasteiger partial charge in [0.2, 0.25) is 17.1 Å². The van der Waals surface area contributed by atoms with Crippen LogP contribution in [0.4, 0.5) is 4.39 Å². The minimum absolute atomic E-state index is 0.377. The summed E-state index contributed by atoms with van der Waals surface area (Å²) < 4.78 is 25.7. The maximum atomic E-state index is 13.5. The molecule has 4 unspecified atom stereocenters. The van der Waals surface area contributed by atoms with Crippen LogP contribution in [-0.4, -0.2) is 5.90 Å². The van der Waals surface area contributed by atoms with Gasteiger partial charge in [0.15, 0.2) is 5.41 Å². The highest BCUT2D eigenvalue weighted by Crippen LogP contribution is 2.68. The van der Waals surface area contributed by atoms with Crippen molar-refractivity contribution in [2.75, 3.05) is 0 Å². The molecule has 0 amide bonds. The maximum absolute atomic E-state index is 13.5. The van der Waals surface area contributed by atoms with Crippen LogP contribution in [0.2, 0.25) is 5.02 Å². The van der Waals surface area contributed by atoms with Gasteiger partial charge in [-0.2, -0.15) is 15.8 Å². The van der Waals surface area contributed by atoms with E-state index in [-0.39, 0.29) is 0 Å². The SMILES string of the molecule is CC1C2(c3ccc(F)cc3)OC(=N)C1(C#N)C(C#N)(C#N)C(c1ccc(Cl)cc1)O2. The van der Waals surface area contributed by atoms with Crippen LogP contribution in [-0.2, 0) is 15.3 Å². The third kappa shape index (κ3) is 2.21. The molecule has 8 heteroatoms. The van der Waals surface area contributed by atoms with Crippen LogP contribution in [0.25, 0.3) is 0 Å². The fraction of sp³-hybridized carbons (Fsp3) is 0.273. The number of nitriles is 3. The molecule has 4 atom stereocenters. The van der Waals surface area contributed by atoms with E-state index in [0.29, 0.717) is 16.1 Å². The molecular weight excluding hydrogens is 407 g/mol. The molecule has 0 spiro atoms. The van der Waals surface area contributed by atoms with Crippen LogP contribution in [0.1, 0.15) is 24.2 Å². The molecule has 0 saturated carbocycles.